The number of rotatable bonds is 3. The molecule has 0 aromatic carbocycles. The standard InChI is InChI=1S/C13H17FN2O2/c1-8-2-4-9(5-3-8)16-12-11(14)10(13(17)18)6-7-15-12/h6-9H,2-5H2,1H3,(H,15,16)(H,17,18). The van der Waals surface area contributed by atoms with E-state index in [1.165, 1.54) is 12.3 Å². The van der Waals surface area contributed by atoms with Crippen molar-refractivity contribution in [1.82, 2.24) is 4.98 Å². The van der Waals surface area contributed by atoms with E-state index in [-0.39, 0.29) is 17.4 Å². The Bertz CT molecular complexity index is 443. The van der Waals surface area contributed by atoms with Crippen LogP contribution in [0.25, 0.3) is 0 Å². The molecule has 0 spiro atoms. The van der Waals surface area contributed by atoms with Gasteiger partial charge in [-0.1, -0.05) is 6.92 Å². The van der Waals surface area contributed by atoms with Crippen molar-refractivity contribution >= 4 is 11.8 Å². The maximum Gasteiger partial charge on any atom is 0.338 e. The predicted molar refractivity (Wildman–Crippen MR) is 66.2 cm³/mol. The molecule has 18 heavy (non-hydrogen) atoms. The Morgan fingerprint density at radius 3 is 2.72 bits per heavy atom. The Labute approximate surface area is 105 Å². The monoisotopic (exact) mass is 252 g/mol. The topological polar surface area (TPSA) is 62.2 Å². The number of halogens is 1. The summed E-state index contributed by atoms with van der Waals surface area (Å²) in [6.07, 6.45) is 5.48. The number of hydrogen-bond acceptors (Lipinski definition) is 3. The smallest absolute Gasteiger partial charge is 0.338 e. The molecular weight excluding hydrogens is 235 g/mol. The Kier molecular flexibility index (Phi) is 3.79. The molecule has 98 valence electrons. The first kappa shape index (κ1) is 12.8. The van der Waals surface area contributed by atoms with Crippen LogP contribution in [0.4, 0.5) is 10.2 Å². The van der Waals surface area contributed by atoms with Gasteiger partial charge in [-0.15, -0.1) is 0 Å². The third-order valence-electron chi connectivity index (χ3n) is 3.48. The lowest BCUT2D eigenvalue weighted by Crippen LogP contribution is -2.26. The lowest BCUT2D eigenvalue weighted by molar-refractivity contribution is 0.0692. The summed E-state index contributed by atoms with van der Waals surface area (Å²) in [4.78, 5) is 14.7. The van der Waals surface area contributed by atoms with E-state index in [1.54, 1.807) is 0 Å². The molecule has 0 saturated heterocycles. The SMILES string of the molecule is CC1CCC(Nc2nccc(C(=O)O)c2F)CC1. The first-order chi connectivity index (χ1) is 8.58. The second kappa shape index (κ2) is 5.33. The zero-order chi connectivity index (χ0) is 13.1. The molecule has 1 aliphatic rings. The molecule has 5 heteroatoms. The fourth-order valence-electron chi connectivity index (χ4n) is 2.31. The molecule has 0 amide bonds. The van der Waals surface area contributed by atoms with Gasteiger partial charge in [-0.25, -0.2) is 14.2 Å². The Morgan fingerprint density at radius 2 is 2.11 bits per heavy atom. The van der Waals surface area contributed by atoms with E-state index in [2.05, 4.69) is 17.2 Å². The van der Waals surface area contributed by atoms with Crippen molar-refractivity contribution in [2.75, 3.05) is 5.32 Å². The van der Waals surface area contributed by atoms with Crippen LogP contribution in [-0.4, -0.2) is 22.1 Å². The van der Waals surface area contributed by atoms with Gasteiger partial charge in [0.15, 0.2) is 11.6 Å². The Balaban J connectivity index is 2.10. The summed E-state index contributed by atoms with van der Waals surface area (Å²) in [5.41, 5.74) is -0.336. The quantitative estimate of drug-likeness (QED) is 0.868. The number of hydrogen-bond donors (Lipinski definition) is 2. The van der Waals surface area contributed by atoms with Gasteiger partial charge in [0.25, 0.3) is 0 Å². The van der Waals surface area contributed by atoms with Gasteiger partial charge in [0.2, 0.25) is 0 Å². The molecule has 1 fully saturated rings. The van der Waals surface area contributed by atoms with Crippen LogP contribution in [0.3, 0.4) is 0 Å². The number of nitrogens with one attached hydrogen (secondary N) is 1. The molecule has 4 nitrogen and oxygen atoms in total. The average Bonchev–Trinajstić information content (AvgIpc) is 2.34. The van der Waals surface area contributed by atoms with Crippen molar-refractivity contribution < 1.29 is 14.3 Å². The van der Waals surface area contributed by atoms with Crippen LogP contribution in [-0.2, 0) is 0 Å². The summed E-state index contributed by atoms with van der Waals surface area (Å²) in [6, 6.07) is 1.36. The van der Waals surface area contributed by atoms with Crippen LogP contribution in [0.2, 0.25) is 0 Å². The lowest BCUT2D eigenvalue weighted by Gasteiger charge is -2.27. The first-order valence-electron chi connectivity index (χ1n) is 6.22. The number of carboxylic acids is 1. The molecule has 1 saturated carbocycles. The van der Waals surface area contributed by atoms with Gasteiger partial charge in [0.1, 0.15) is 5.56 Å². The van der Waals surface area contributed by atoms with Gasteiger partial charge in [-0.3, -0.25) is 0 Å². The van der Waals surface area contributed by atoms with E-state index < -0.39 is 11.8 Å². The highest BCUT2D eigenvalue weighted by Crippen LogP contribution is 2.26. The number of carboxylic acid groups (broad SMARTS) is 1. The number of aromatic carboxylic acids is 1. The zero-order valence-electron chi connectivity index (χ0n) is 10.3. The third kappa shape index (κ3) is 2.78. The summed E-state index contributed by atoms with van der Waals surface area (Å²) >= 11 is 0. The van der Waals surface area contributed by atoms with Crippen LogP contribution in [0.15, 0.2) is 12.3 Å². The van der Waals surface area contributed by atoms with E-state index in [1.807, 2.05) is 0 Å². The largest absolute Gasteiger partial charge is 0.478 e. The summed E-state index contributed by atoms with van der Waals surface area (Å²) in [6.45, 7) is 2.21. The van der Waals surface area contributed by atoms with E-state index in [9.17, 15) is 9.18 Å². The number of anilines is 1. The Hall–Kier alpha value is -1.65. The normalized spacial score (nSPS) is 23.7. The first-order valence-corrected chi connectivity index (χ1v) is 6.22. The molecular formula is C13H17FN2O2. The van der Waals surface area contributed by atoms with Crippen LogP contribution >= 0.6 is 0 Å². The molecule has 1 aliphatic carbocycles. The summed E-state index contributed by atoms with van der Waals surface area (Å²) in [7, 11) is 0. The lowest BCUT2D eigenvalue weighted by atomic mass is 9.87. The van der Waals surface area contributed by atoms with E-state index >= 15 is 0 Å². The van der Waals surface area contributed by atoms with Crippen molar-refractivity contribution in [1.29, 1.82) is 0 Å². The maximum atomic E-state index is 13.8. The number of aromatic nitrogens is 1. The van der Waals surface area contributed by atoms with Gasteiger partial charge in [-0.2, -0.15) is 0 Å². The highest BCUT2D eigenvalue weighted by molar-refractivity contribution is 5.88. The van der Waals surface area contributed by atoms with Crippen molar-refractivity contribution in [3.05, 3.63) is 23.6 Å². The highest BCUT2D eigenvalue weighted by Gasteiger charge is 2.21. The van der Waals surface area contributed by atoms with Crippen molar-refractivity contribution in [2.24, 2.45) is 5.92 Å². The predicted octanol–water partition coefficient (Wildman–Crippen LogP) is 2.91. The van der Waals surface area contributed by atoms with E-state index in [0.29, 0.717) is 5.92 Å². The van der Waals surface area contributed by atoms with Crippen LogP contribution in [0, 0.1) is 11.7 Å². The van der Waals surface area contributed by atoms with Gasteiger partial charge >= 0.3 is 5.97 Å². The Morgan fingerprint density at radius 1 is 1.44 bits per heavy atom. The van der Waals surface area contributed by atoms with Crippen molar-refractivity contribution in [3.63, 3.8) is 0 Å². The molecule has 0 unspecified atom stereocenters. The number of carbonyl (C=O) groups is 1. The fraction of sp³-hybridized carbons (Fsp3) is 0.538. The fourth-order valence-corrected chi connectivity index (χ4v) is 2.31. The number of pyridine rings is 1. The minimum absolute atomic E-state index is 0.0504. The van der Waals surface area contributed by atoms with Crippen LogP contribution in [0.5, 0.6) is 0 Å². The van der Waals surface area contributed by atoms with E-state index in [0.717, 1.165) is 25.7 Å². The minimum atomic E-state index is -1.27. The second-order valence-electron chi connectivity index (χ2n) is 4.93. The van der Waals surface area contributed by atoms with Crippen molar-refractivity contribution in [2.45, 2.75) is 38.6 Å². The molecule has 1 aromatic rings. The molecule has 0 bridgehead atoms. The average molecular weight is 252 g/mol. The van der Waals surface area contributed by atoms with Crippen LogP contribution in [0.1, 0.15) is 43.0 Å². The van der Waals surface area contributed by atoms with Crippen molar-refractivity contribution in [3.8, 4) is 0 Å². The molecule has 2 rings (SSSR count). The van der Waals surface area contributed by atoms with Crippen LogP contribution < -0.4 is 5.32 Å². The minimum Gasteiger partial charge on any atom is -0.478 e. The molecule has 1 heterocycles. The van der Waals surface area contributed by atoms with Gasteiger partial charge in [0, 0.05) is 12.2 Å². The summed E-state index contributed by atoms with van der Waals surface area (Å²) in [5, 5.41) is 11.9. The zero-order valence-corrected chi connectivity index (χ0v) is 10.3. The highest BCUT2D eigenvalue weighted by atomic mass is 19.1. The van der Waals surface area contributed by atoms with Gasteiger partial charge in [-0.05, 0) is 37.7 Å². The molecule has 0 aliphatic heterocycles. The second-order valence-corrected chi connectivity index (χ2v) is 4.93. The number of nitrogens with zero attached hydrogens (tertiary/aromatic N) is 1. The molecule has 0 radical (unpaired) electrons. The molecule has 2 N–H and O–H groups in total. The molecule has 0 atom stereocenters. The van der Waals surface area contributed by atoms with E-state index in [4.69, 9.17) is 5.11 Å². The van der Waals surface area contributed by atoms with Gasteiger partial charge in [0.05, 0.1) is 0 Å². The van der Waals surface area contributed by atoms with Gasteiger partial charge < -0.3 is 10.4 Å². The summed E-state index contributed by atoms with van der Waals surface area (Å²) < 4.78 is 13.8. The molecule has 1 aromatic heterocycles. The maximum absolute atomic E-state index is 13.8. The summed E-state index contributed by atoms with van der Waals surface area (Å²) in [5.74, 6) is -1.28. The third-order valence-corrected chi connectivity index (χ3v) is 3.48.